The minimum atomic E-state index is 0.390. The Balaban J connectivity index is 1.91. The number of nitrogens with zero attached hydrogens (tertiary/aromatic N) is 3. The van der Waals surface area contributed by atoms with Gasteiger partial charge in [0.25, 0.3) is 0 Å². The zero-order valence-electron chi connectivity index (χ0n) is 13.4. The van der Waals surface area contributed by atoms with Crippen LogP contribution in [0, 0.1) is 0 Å². The van der Waals surface area contributed by atoms with Gasteiger partial charge in [0.05, 0.1) is 5.39 Å². The molecule has 22 heavy (non-hydrogen) atoms. The van der Waals surface area contributed by atoms with Crippen LogP contribution in [0.5, 0.6) is 0 Å². The molecule has 1 saturated heterocycles. The standard InChI is InChI=1S/C17H23N3S2/c1-11(2)15-18-16(20-7-9-21-10-8-20)14-12-5-3-4-6-13(12)22-17(14)19-15/h11H,3-10H2,1-2H3. The first-order chi connectivity index (χ1) is 10.7. The molecule has 0 saturated carbocycles. The van der Waals surface area contributed by atoms with Crippen molar-refractivity contribution in [3.63, 3.8) is 0 Å². The van der Waals surface area contributed by atoms with Crippen molar-refractivity contribution in [3.8, 4) is 0 Å². The number of aromatic nitrogens is 2. The summed E-state index contributed by atoms with van der Waals surface area (Å²) in [6.07, 6.45) is 5.11. The van der Waals surface area contributed by atoms with Gasteiger partial charge in [-0.2, -0.15) is 11.8 Å². The lowest BCUT2D eigenvalue weighted by atomic mass is 9.97. The topological polar surface area (TPSA) is 29.0 Å². The smallest absolute Gasteiger partial charge is 0.141 e. The molecule has 0 N–H and O–H groups in total. The highest BCUT2D eigenvalue weighted by atomic mass is 32.2. The van der Waals surface area contributed by atoms with Crippen LogP contribution in [0.25, 0.3) is 10.2 Å². The monoisotopic (exact) mass is 333 g/mol. The van der Waals surface area contributed by atoms with Crippen molar-refractivity contribution in [2.45, 2.75) is 45.4 Å². The Hall–Kier alpha value is -0.810. The summed E-state index contributed by atoms with van der Waals surface area (Å²) in [6, 6.07) is 0. The van der Waals surface area contributed by atoms with E-state index in [9.17, 15) is 0 Å². The Kier molecular flexibility index (Phi) is 4.03. The zero-order valence-corrected chi connectivity index (χ0v) is 15.0. The van der Waals surface area contributed by atoms with Gasteiger partial charge in [-0.1, -0.05) is 13.8 Å². The summed E-state index contributed by atoms with van der Waals surface area (Å²) < 4.78 is 0. The van der Waals surface area contributed by atoms with Crippen LogP contribution in [-0.2, 0) is 12.8 Å². The predicted molar refractivity (Wildman–Crippen MR) is 97.7 cm³/mol. The van der Waals surface area contributed by atoms with Crippen LogP contribution in [-0.4, -0.2) is 34.6 Å². The third-order valence-electron chi connectivity index (χ3n) is 4.64. The summed E-state index contributed by atoms with van der Waals surface area (Å²) in [5.74, 6) is 5.07. The van der Waals surface area contributed by atoms with Gasteiger partial charge in [-0.25, -0.2) is 9.97 Å². The molecule has 3 nitrogen and oxygen atoms in total. The molecule has 1 fully saturated rings. The number of fused-ring (bicyclic) bond motifs is 3. The van der Waals surface area contributed by atoms with Crippen molar-refractivity contribution in [1.29, 1.82) is 0 Å². The van der Waals surface area contributed by atoms with Gasteiger partial charge < -0.3 is 4.90 Å². The first-order valence-electron chi connectivity index (χ1n) is 8.39. The van der Waals surface area contributed by atoms with Crippen LogP contribution in [0.4, 0.5) is 5.82 Å². The van der Waals surface area contributed by atoms with E-state index in [1.54, 1.807) is 10.4 Å². The fraction of sp³-hybridized carbons (Fsp3) is 0.647. The predicted octanol–water partition coefficient (Wildman–Crippen LogP) is 4.25. The van der Waals surface area contributed by atoms with E-state index in [4.69, 9.17) is 9.97 Å². The molecule has 118 valence electrons. The van der Waals surface area contributed by atoms with Gasteiger partial charge in [0.2, 0.25) is 0 Å². The van der Waals surface area contributed by atoms with Crippen molar-refractivity contribution in [1.82, 2.24) is 9.97 Å². The fourth-order valence-electron chi connectivity index (χ4n) is 3.42. The first-order valence-corrected chi connectivity index (χ1v) is 10.4. The third-order valence-corrected chi connectivity index (χ3v) is 6.77. The second-order valence-corrected chi connectivity index (χ2v) is 8.86. The minimum Gasteiger partial charge on any atom is -0.354 e. The number of hydrogen-bond acceptors (Lipinski definition) is 5. The molecule has 5 heteroatoms. The van der Waals surface area contributed by atoms with Crippen LogP contribution in [0.1, 0.15) is 48.9 Å². The minimum absolute atomic E-state index is 0.390. The molecular formula is C17H23N3S2. The summed E-state index contributed by atoms with van der Waals surface area (Å²) in [5, 5.41) is 1.39. The highest BCUT2D eigenvalue weighted by molar-refractivity contribution is 7.99. The molecule has 2 aromatic rings. The van der Waals surface area contributed by atoms with Gasteiger partial charge in [-0.15, -0.1) is 11.3 Å². The number of thioether (sulfide) groups is 1. The van der Waals surface area contributed by atoms with E-state index >= 15 is 0 Å². The molecular weight excluding hydrogens is 310 g/mol. The molecule has 0 amide bonds. The normalized spacial score (nSPS) is 19.0. The van der Waals surface area contributed by atoms with Crippen LogP contribution in [0.2, 0.25) is 0 Å². The summed E-state index contributed by atoms with van der Waals surface area (Å²) in [4.78, 5) is 15.2. The lowest BCUT2D eigenvalue weighted by molar-refractivity contribution is 0.699. The Morgan fingerprint density at radius 2 is 1.82 bits per heavy atom. The van der Waals surface area contributed by atoms with Crippen LogP contribution < -0.4 is 4.90 Å². The molecule has 0 aromatic carbocycles. The number of anilines is 1. The summed E-state index contributed by atoms with van der Waals surface area (Å²) in [5.41, 5.74) is 1.56. The molecule has 0 spiro atoms. The van der Waals surface area contributed by atoms with E-state index in [1.165, 1.54) is 53.2 Å². The second kappa shape index (κ2) is 6.00. The van der Waals surface area contributed by atoms with Crippen molar-refractivity contribution in [2.75, 3.05) is 29.5 Å². The molecule has 2 aromatic heterocycles. The average molecular weight is 334 g/mol. The van der Waals surface area contributed by atoms with E-state index in [-0.39, 0.29) is 0 Å². The van der Waals surface area contributed by atoms with E-state index in [0.29, 0.717) is 5.92 Å². The van der Waals surface area contributed by atoms with E-state index < -0.39 is 0 Å². The van der Waals surface area contributed by atoms with Gasteiger partial charge in [0.1, 0.15) is 16.5 Å². The van der Waals surface area contributed by atoms with Crippen molar-refractivity contribution >= 4 is 39.1 Å². The van der Waals surface area contributed by atoms with Gasteiger partial charge in [-0.05, 0) is 31.2 Å². The number of hydrogen-bond donors (Lipinski definition) is 0. The molecule has 2 aliphatic rings. The zero-order chi connectivity index (χ0) is 15.1. The van der Waals surface area contributed by atoms with Crippen molar-refractivity contribution < 1.29 is 0 Å². The maximum atomic E-state index is 5.02. The number of aryl methyl sites for hydroxylation is 2. The van der Waals surface area contributed by atoms with Crippen LogP contribution in [0.3, 0.4) is 0 Å². The Morgan fingerprint density at radius 3 is 2.59 bits per heavy atom. The Labute approximate surface area is 140 Å². The lowest BCUT2D eigenvalue weighted by Crippen LogP contribution is -2.33. The molecule has 4 rings (SSSR count). The van der Waals surface area contributed by atoms with Gasteiger partial charge in [-0.3, -0.25) is 0 Å². The SMILES string of the molecule is CC(C)c1nc(N2CCSCC2)c2c3c(sc2n1)CCCC3. The Bertz CT molecular complexity index is 687. The van der Waals surface area contributed by atoms with Crippen molar-refractivity contribution in [2.24, 2.45) is 0 Å². The molecule has 1 aliphatic carbocycles. The fourth-order valence-corrected chi connectivity index (χ4v) is 5.58. The van der Waals surface area contributed by atoms with E-state index in [2.05, 4.69) is 30.5 Å². The van der Waals surface area contributed by atoms with Gasteiger partial charge in [0, 0.05) is 35.4 Å². The summed E-state index contributed by atoms with van der Waals surface area (Å²) in [6.45, 7) is 6.65. The van der Waals surface area contributed by atoms with Gasteiger partial charge in [0.15, 0.2) is 0 Å². The highest BCUT2D eigenvalue weighted by Crippen LogP contribution is 2.40. The maximum Gasteiger partial charge on any atom is 0.141 e. The van der Waals surface area contributed by atoms with E-state index in [0.717, 1.165) is 18.9 Å². The van der Waals surface area contributed by atoms with Gasteiger partial charge >= 0.3 is 0 Å². The molecule has 0 bridgehead atoms. The van der Waals surface area contributed by atoms with E-state index in [1.807, 2.05) is 11.3 Å². The molecule has 0 atom stereocenters. The molecule has 1 aliphatic heterocycles. The summed E-state index contributed by atoms with van der Waals surface area (Å²) in [7, 11) is 0. The average Bonchev–Trinajstić information content (AvgIpc) is 2.93. The quantitative estimate of drug-likeness (QED) is 0.822. The molecule has 0 unspecified atom stereocenters. The first kappa shape index (κ1) is 14.8. The highest BCUT2D eigenvalue weighted by Gasteiger charge is 2.25. The number of rotatable bonds is 2. The molecule has 0 radical (unpaired) electrons. The lowest BCUT2D eigenvalue weighted by Gasteiger charge is -2.29. The van der Waals surface area contributed by atoms with Crippen LogP contribution in [0.15, 0.2) is 0 Å². The third kappa shape index (κ3) is 2.52. The second-order valence-electron chi connectivity index (χ2n) is 6.55. The molecule has 3 heterocycles. The Morgan fingerprint density at radius 1 is 1.05 bits per heavy atom. The largest absolute Gasteiger partial charge is 0.354 e. The van der Waals surface area contributed by atoms with Crippen LogP contribution >= 0.6 is 23.1 Å². The summed E-state index contributed by atoms with van der Waals surface area (Å²) >= 11 is 3.98. The van der Waals surface area contributed by atoms with Crippen molar-refractivity contribution in [3.05, 3.63) is 16.3 Å². The number of thiophene rings is 1. The maximum absolute atomic E-state index is 5.02.